The van der Waals surface area contributed by atoms with E-state index in [4.69, 9.17) is 14.3 Å². The first-order valence-electron chi connectivity index (χ1n) is 12.0. The number of nitrogens with zero attached hydrogens (tertiary/aromatic N) is 5. The number of benzene rings is 2. The Bertz CT molecular complexity index is 1540. The Morgan fingerprint density at radius 1 is 1.03 bits per heavy atom. The first kappa shape index (κ1) is 24.8. The molecule has 4 heterocycles. The van der Waals surface area contributed by atoms with Gasteiger partial charge >= 0.3 is 0 Å². The number of aromatic nitrogens is 4. The van der Waals surface area contributed by atoms with Gasteiger partial charge in [-0.1, -0.05) is 30.3 Å². The maximum absolute atomic E-state index is 12.7. The lowest BCUT2D eigenvalue weighted by molar-refractivity contribution is -0.140. The van der Waals surface area contributed by atoms with E-state index in [2.05, 4.69) is 20.3 Å². The summed E-state index contributed by atoms with van der Waals surface area (Å²) in [5, 5.41) is 14.3. The van der Waals surface area contributed by atoms with E-state index in [9.17, 15) is 19.5 Å². The maximum Gasteiger partial charge on any atom is 0.285 e. The van der Waals surface area contributed by atoms with Crippen LogP contribution in [0.3, 0.4) is 0 Å². The summed E-state index contributed by atoms with van der Waals surface area (Å²) in [5.74, 6) is -1.35. The second-order valence-electron chi connectivity index (χ2n) is 8.87. The molecule has 6 rings (SSSR count). The average Bonchev–Trinajstić information content (AvgIpc) is 3.61. The number of nitrogens with one attached hydrogen (secondary N) is 1. The lowest BCUT2D eigenvalue weighted by Crippen LogP contribution is -2.38. The van der Waals surface area contributed by atoms with Crippen LogP contribution in [0.4, 0.5) is 5.82 Å². The standard InChI is InChI=1S/C26H22N6O7/c1-37-20-19(33)17(11-38-32-24(35)15-9-5-6-10-16(15)25(32)36)39-26(20)31-13-29-18-21(27-12-28-22(18)31)30-23(34)14-7-3-2-4-8-14/h2-10,12-13,17,19-20,26,33H,11H2,1H3,(H,27,28,30,34)/t17-,19?,20+,26-/m1/s1. The summed E-state index contributed by atoms with van der Waals surface area (Å²) in [7, 11) is 1.41. The van der Waals surface area contributed by atoms with Gasteiger partial charge < -0.3 is 19.9 Å². The van der Waals surface area contributed by atoms with E-state index in [0.717, 1.165) is 0 Å². The van der Waals surface area contributed by atoms with Crippen LogP contribution >= 0.6 is 0 Å². The molecule has 3 amide bonds. The molecule has 2 aromatic carbocycles. The van der Waals surface area contributed by atoms with Crippen LogP contribution in [0.25, 0.3) is 11.2 Å². The minimum Gasteiger partial charge on any atom is -0.387 e. The lowest BCUT2D eigenvalue weighted by Gasteiger charge is -2.20. The molecule has 13 heteroatoms. The third-order valence-electron chi connectivity index (χ3n) is 6.61. The maximum atomic E-state index is 12.7. The fourth-order valence-electron chi connectivity index (χ4n) is 4.67. The molecular weight excluding hydrogens is 508 g/mol. The van der Waals surface area contributed by atoms with Crippen LogP contribution in [0.5, 0.6) is 0 Å². The Morgan fingerprint density at radius 3 is 2.41 bits per heavy atom. The first-order chi connectivity index (χ1) is 19.0. The number of anilines is 1. The van der Waals surface area contributed by atoms with Gasteiger partial charge in [-0.2, -0.15) is 0 Å². The Labute approximate surface area is 220 Å². The minimum atomic E-state index is -1.17. The lowest BCUT2D eigenvalue weighted by atomic mass is 10.1. The molecule has 1 fully saturated rings. The van der Waals surface area contributed by atoms with E-state index in [1.54, 1.807) is 53.1 Å². The second-order valence-corrected chi connectivity index (χ2v) is 8.87. The molecule has 2 N–H and O–H groups in total. The van der Waals surface area contributed by atoms with E-state index in [1.165, 1.54) is 19.8 Å². The summed E-state index contributed by atoms with van der Waals surface area (Å²) >= 11 is 0. The van der Waals surface area contributed by atoms with Crippen molar-refractivity contribution in [2.45, 2.75) is 24.5 Å². The van der Waals surface area contributed by atoms with Gasteiger partial charge in [-0.15, -0.1) is 5.06 Å². The monoisotopic (exact) mass is 530 g/mol. The molecule has 0 bridgehead atoms. The Balaban J connectivity index is 1.20. The van der Waals surface area contributed by atoms with Crippen molar-refractivity contribution in [1.82, 2.24) is 24.6 Å². The number of imidazole rings is 1. The number of ether oxygens (including phenoxy) is 2. The van der Waals surface area contributed by atoms with Gasteiger partial charge in [-0.3, -0.25) is 23.8 Å². The topological polar surface area (TPSA) is 158 Å². The summed E-state index contributed by atoms with van der Waals surface area (Å²) in [6.45, 7) is -0.303. The normalized spacial score (nSPS) is 22.5. The zero-order valence-corrected chi connectivity index (χ0v) is 20.5. The van der Waals surface area contributed by atoms with Crippen molar-refractivity contribution in [3.63, 3.8) is 0 Å². The van der Waals surface area contributed by atoms with E-state index in [0.29, 0.717) is 21.8 Å². The number of hydrogen-bond acceptors (Lipinski definition) is 10. The van der Waals surface area contributed by atoms with Crippen molar-refractivity contribution in [3.8, 4) is 0 Å². The van der Waals surface area contributed by atoms with Crippen LogP contribution in [-0.4, -0.2) is 79.4 Å². The van der Waals surface area contributed by atoms with Crippen molar-refractivity contribution in [2.75, 3.05) is 19.0 Å². The molecule has 4 atom stereocenters. The highest BCUT2D eigenvalue weighted by molar-refractivity contribution is 6.20. The largest absolute Gasteiger partial charge is 0.387 e. The quantitative estimate of drug-likeness (QED) is 0.336. The Morgan fingerprint density at radius 2 is 1.72 bits per heavy atom. The van der Waals surface area contributed by atoms with Gasteiger partial charge in [0.25, 0.3) is 17.7 Å². The van der Waals surface area contributed by atoms with E-state index in [-0.39, 0.29) is 29.5 Å². The van der Waals surface area contributed by atoms with Crippen LogP contribution in [0.2, 0.25) is 0 Å². The zero-order valence-electron chi connectivity index (χ0n) is 20.5. The molecule has 39 heavy (non-hydrogen) atoms. The number of hydroxylamine groups is 2. The number of aliphatic hydroxyl groups is 1. The summed E-state index contributed by atoms with van der Waals surface area (Å²) in [4.78, 5) is 56.2. The highest BCUT2D eigenvalue weighted by atomic mass is 16.7. The van der Waals surface area contributed by atoms with Gasteiger partial charge in [0, 0.05) is 12.7 Å². The fraction of sp³-hybridized carbons (Fsp3) is 0.231. The highest BCUT2D eigenvalue weighted by Gasteiger charge is 2.47. The summed E-state index contributed by atoms with van der Waals surface area (Å²) in [6.07, 6.45) is -1.17. The van der Waals surface area contributed by atoms with Crippen LogP contribution in [0.15, 0.2) is 67.3 Å². The number of methoxy groups -OCH3 is 1. The van der Waals surface area contributed by atoms with Crippen LogP contribution < -0.4 is 5.32 Å². The minimum absolute atomic E-state index is 0.200. The van der Waals surface area contributed by atoms with Crippen molar-refractivity contribution in [3.05, 3.63) is 83.9 Å². The van der Waals surface area contributed by atoms with Crippen molar-refractivity contribution in [2.24, 2.45) is 0 Å². The van der Waals surface area contributed by atoms with Gasteiger partial charge in [-0.25, -0.2) is 15.0 Å². The van der Waals surface area contributed by atoms with Crippen molar-refractivity contribution in [1.29, 1.82) is 0 Å². The number of carbonyl (C=O) groups is 3. The molecule has 198 valence electrons. The third-order valence-corrected chi connectivity index (χ3v) is 6.61. The molecule has 1 saturated heterocycles. The molecule has 2 aromatic heterocycles. The number of aliphatic hydroxyl groups excluding tert-OH is 1. The average molecular weight is 530 g/mol. The first-order valence-corrected chi connectivity index (χ1v) is 12.0. The van der Waals surface area contributed by atoms with Gasteiger partial charge in [-0.05, 0) is 24.3 Å². The number of fused-ring (bicyclic) bond motifs is 2. The van der Waals surface area contributed by atoms with Gasteiger partial charge in [0.1, 0.15) is 31.2 Å². The van der Waals surface area contributed by atoms with E-state index in [1.807, 2.05) is 6.07 Å². The summed E-state index contributed by atoms with van der Waals surface area (Å²) in [5.41, 5.74) is 1.56. The van der Waals surface area contributed by atoms with Gasteiger partial charge in [0.05, 0.1) is 17.5 Å². The SMILES string of the molecule is CO[C@H]1C(O)[C@@H](CON2C(=O)c3ccccc3C2=O)O[C@H]1n1cnc2c(NC(=O)c3ccccc3)ncnc21. The second kappa shape index (κ2) is 9.96. The Hall–Kier alpha value is -4.56. The van der Waals surface area contributed by atoms with Crippen molar-refractivity contribution < 1.29 is 33.8 Å². The molecule has 0 aliphatic carbocycles. The number of imide groups is 1. The number of amides is 3. The number of rotatable bonds is 7. The molecule has 2 aliphatic heterocycles. The highest BCUT2D eigenvalue weighted by Crippen LogP contribution is 2.34. The van der Waals surface area contributed by atoms with E-state index < -0.39 is 36.4 Å². The van der Waals surface area contributed by atoms with Crippen molar-refractivity contribution >= 4 is 34.7 Å². The van der Waals surface area contributed by atoms with Crippen LogP contribution in [0, 0.1) is 0 Å². The zero-order chi connectivity index (χ0) is 27.1. The van der Waals surface area contributed by atoms with Gasteiger partial charge in [0.15, 0.2) is 23.2 Å². The predicted molar refractivity (Wildman–Crippen MR) is 133 cm³/mol. The molecule has 0 radical (unpaired) electrons. The Kier molecular flexibility index (Phi) is 6.32. The number of carbonyl (C=O) groups excluding carboxylic acids is 3. The molecular formula is C26H22N6O7. The smallest absolute Gasteiger partial charge is 0.285 e. The fourth-order valence-corrected chi connectivity index (χ4v) is 4.67. The van der Waals surface area contributed by atoms with Gasteiger partial charge in [0.2, 0.25) is 0 Å². The third kappa shape index (κ3) is 4.23. The molecule has 4 aromatic rings. The molecule has 0 spiro atoms. The van der Waals surface area contributed by atoms with Crippen LogP contribution in [0.1, 0.15) is 37.3 Å². The van der Waals surface area contributed by atoms with E-state index >= 15 is 0 Å². The predicted octanol–water partition coefficient (Wildman–Crippen LogP) is 1.58. The molecule has 1 unspecified atom stereocenters. The van der Waals surface area contributed by atoms with Crippen LogP contribution in [-0.2, 0) is 14.3 Å². The molecule has 13 nitrogen and oxygen atoms in total. The summed E-state index contributed by atoms with van der Waals surface area (Å²) in [6, 6.07) is 15.1. The number of hydrogen-bond donors (Lipinski definition) is 2. The summed E-state index contributed by atoms with van der Waals surface area (Å²) < 4.78 is 13.1. The molecule has 2 aliphatic rings. The molecule has 0 saturated carbocycles.